The molecule has 1 aliphatic rings. The molecule has 2 aromatic rings. The Balaban J connectivity index is 1.86. The lowest BCUT2D eigenvalue weighted by Gasteiger charge is -2.32. The van der Waals surface area contributed by atoms with E-state index in [-0.39, 0.29) is 11.9 Å². The summed E-state index contributed by atoms with van der Waals surface area (Å²) in [6.45, 7) is 0.718. The van der Waals surface area contributed by atoms with Crippen LogP contribution in [0.5, 0.6) is 0 Å². The van der Waals surface area contributed by atoms with Crippen molar-refractivity contribution in [1.82, 2.24) is 9.55 Å². The number of nitriles is 1. The number of nitrogens with zero attached hydrogens (tertiary/aromatic N) is 4. The second-order valence-electron chi connectivity index (χ2n) is 4.82. The average molecular weight is 266 g/mol. The van der Waals surface area contributed by atoms with Gasteiger partial charge in [0.05, 0.1) is 18.0 Å². The average Bonchev–Trinajstić information content (AvgIpc) is 3.02. The number of piperidine rings is 1. The molecule has 0 unspecified atom stereocenters. The smallest absolute Gasteiger partial charge is 0.250 e. The van der Waals surface area contributed by atoms with Crippen LogP contribution in [0.1, 0.15) is 24.4 Å². The standard InChI is InChI=1S/C15H14N4O/c16-10-12-3-5-13(6-4-12)19-8-1-2-14(15(19)20)18-9-7-17-11-18/h3-7,9,11,14H,1-2,8H2/t14-/m1/s1. The lowest BCUT2D eigenvalue weighted by molar-refractivity contribution is -0.123. The number of aromatic nitrogens is 2. The summed E-state index contributed by atoms with van der Waals surface area (Å²) >= 11 is 0. The summed E-state index contributed by atoms with van der Waals surface area (Å²) in [6, 6.07) is 9.04. The third-order valence-corrected chi connectivity index (χ3v) is 3.60. The largest absolute Gasteiger partial charge is 0.325 e. The maximum atomic E-state index is 12.6. The van der Waals surface area contributed by atoms with Crippen molar-refractivity contribution in [2.45, 2.75) is 18.9 Å². The minimum atomic E-state index is -0.179. The molecule has 0 saturated carbocycles. The monoisotopic (exact) mass is 266 g/mol. The molecule has 5 nitrogen and oxygen atoms in total. The zero-order valence-electron chi connectivity index (χ0n) is 10.9. The van der Waals surface area contributed by atoms with Crippen molar-refractivity contribution in [3.05, 3.63) is 48.5 Å². The molecule has 5 heteroatoms. The predicted octanol–water partition coefficient (Wildman–Crippen LogP) is 2.12. The molecule has 1 aromatic carbocycles. The highest BCUT2D eigenvalue weighted by molar-refractivity contribution is 5.96. The maximum Gasteiger partial charge on any atom is 0.250 e. The highest BCUT2D eigenvalue weighted by Gasteiger charge is 2.30. The maximum absolute atomic E-state index is 12.6. The SMILES string of the molecule is N#Cc1ccc(N2CCC[C@@H](n3ccnc3)C2=O)cc1. The van der Waals surface area contributed by atoms with Crippen LogP contribution in [0.2, 0.25) is 0 Å². The molecule has 1 aromatic heterocycles. The Morgan fingerprint density at radius 1 is 1.30 bits per heavy atom. The lowest BCUT2D eigenvalue weighted by atomic mass is 10.0. The molecule has 2 heterocycles. The van der Waals surface area contributed by atoms with E-state index >= 15 is 0 Å². The van der Waals surface area contributed by atoms with Crippen LogP contribution in [0.4, 0.5) is 5.69 Å². The molecule has 0 N–H and O–H groups in total. The first kappa shape index (κ1) is 12.4. The minimum Gasteiger partial charge on any atom is -0.325 e. The van der Waals surface area contributed by atoms with Gasteiger partial charge in [-0.2, -0.15) is 5.26 Å². The Kier molecular flexibility index (Phi) is 3.21. The number of carbonyl (C=O) groups is 1. The zero-order chi connectivity index (χ0) is 13.9. The van der Waals surface area contributed by atoms with Crippen LogP contribution >= 0.6 is 0 Å². The van der Waals surface area contributed by atoms with E-state index in [0.29, 0.717) is 5.56 Å². The summed E-state index contributed by atoms with van der Waals surface area (Å²) in [5, 5.41) is 8.82. The molecule has 0 bridgehead atoms. The van der Waals surface area contributed by atoms with Crippen molar-refractivity contribution in [2.24, 2.45) is 0 Å². The van der Waals surface area contributed by atoms with Crippen molar-refractivity contribution in [1.29, 1.82) is 5.26 Å². The topological polar surface area (TPSA) is 61.9 Å². The predicted molar refractivity (Wildman–Crippen MR) is 74.0 cm³/mol. The van der Waals surface area contributed by atoms with Gasteiger partial charge in [0.2, 0.25) is 5.91 Å². The number of hydrogen-bond donors (Lipinski definition) is 0. The Hall–Kier alpha value is -2.61. The van der Waals surface area contributed by atoms with E-state index in [1.807, 2.05) is 22.9 Å². The van der Waals surface area contributed by atoms with Crippen LogP contribution in [0.25, 0.3) is 0 Å². The molecule has 1 atom stereocenters. The fourth-order valence-corrected chi connectivity index (χ4v) is 2.56. The van der Waals surface area contributed by atoms with Crippen molar-refractivity contribution in [3.8, 4) is 6.07 Å². The van der Waals surface area contributed by atoms with E-state index in [9.17, 15) is 4.79 Å². The van der Waals surface area contributed by atoms with Crippen molar-refractivity contribution in [3.63, 3.8) is 0 Å². The van der Waals surface area contributed by atoms with Gasteiger partial charge in [0, 0.05) is 24.6 Å². The molecule has 1 aliphatic heterocycles. The molecule has 100 valence electrons. The Morgan fingerprint density at radius 3 is 2.75 bits per heavy atom. The highest BCUT2D eigenvalue weighted by atomic mass is 16.2. The van der Waals surface area contributed by atoms with Gasteiger partial charge in [0.15, 0.2) is 0 Å². The second kappa shape index (κ2) is 5.17. The molecule has 1 fully saturated rings. The van der Waals surface area contributed by atoms with E-state index < -0.39 is 0 Å². The third-order valence-electron chi connectivity index (χ3n) is 3.60. The first-order valence-electron chi connectivity index (χ1n) is 6.58. The Bertz CT molecular complexity index is 640. The number of anilines is 1. The first-order valence-corrected chi connectivity index (χ1v) is 6.58. The second-order valence-corrected chi connectivity index (χ2v) is 4.82. The van der Waals surface area contributed by atoms with Crippen LogP contribution in [0, 0.1) is 11.3 Å². The van der Waals surface area contributed by atoms with E-state index in [0.717, 1.165) is 25.1 Å². The quantitative estimate of drug-likeness (QED) is 0.836. The van der Waals surface area contributed by atoms with Crippen LogP contribution < -0.4 is 4.90 Å². The van der Waals surface area contributed by atoms with E-state index in [4.69, 9.17) is 5.26 Å². The Morgan fingerprint density at radius 2 is 2.10 bits per heavy atom. The summed E-state index contributed by atoms with van der Waals surface area (Å²) in [5.74, 6) is 0.0824. The summed E-state index contributed by atoms with van der Waals surface area (Å²) < 4.78 is 1.86. The summed E-state index contributed by atoms with van der Waals surface area (Å²) in [7, 11) is 0. The van der Waals surface area contributed by atoms with Gasteiger partial charge in [-0.25, -0.2) is 4.98 Å². The fraction of sp³-hybridized carbons (Fsp3) is 0.267. The van der Waals surface area contributed by atoms with Crippen LogP contribution in [-0.4, -0.2) is 22.0 Å². The van der Waals surface area contributed by atoms with Gasteiger partial charge < -0.3 is 9.47 Å². The van der Waals surface area contributed by atoms with Gasteiger partial charge in [0.1, 0.15) is 6.04 Å². The molecule has 0 aliphatic carbocycles. The number of carbonyl (C=O) groups excluding carboxylic acids is 1. The van der Waals surface area contributed by atoms with E-state index in [1.54, 1.807) is 29.6 Å². The van der Waals surface area contributed by atoms with Crippen molar-refractivity contribution in [2.75, 3.05) is 11.4 Å². The van der Waals surface area contributed by atoms with Gasteiger partial charge in [0.25, 0.3) is 0 Å². The normalized spacial score (nSPS) is 18.9. The summed E-state index contributed by atoms with van der Waals surface area (Å²) in [5.41, 5.74) is 1.45. The minimum absolute atomic E-state index is 0.0824. The van der Waals surface area contributed by atoms with Gasteiger partial charge in [-0.3, -0.25) is 4.79 Å². The van der Waals surface area contributed by atoms with Crippen LogP contribution in [0.3, 0.4) is 0 Å². The first-order chi connectivity index (χ1) is 9.79. The van der Waals surface area contributed by atoms with Gasteiger partial charge in [-0.05, 0) is 37.1 Å². The van der Waals surface area contributed by atoms with E-state index in [1.165, 1.54) is 0 Å². The number of benzene rings is 1. The Labute approximate surface area is 117 Å². The van der Waals surface area contributed by atoms with Gasteiger partial charge >= 0.3 is 0 Å². The molecule has 3 rings (SSSR count). The fourth-order valence-electron chi connectivity index (χ4n) is 2.56. The number of rotatable bonds is 2. The molecular formula is C15H14N4O. The molecule has 1 saturated heterocycles. The lowest BCUT2D eigenvalue weighted by Crippen LogP contribution is -2.42. The highest BCUT2D eigenvalue weighted by Crippen LogP contribution is 2.27. The molecule has 0 spiro atoms. The van der Waals surface area contributed by atoms with Gasteiger partial charge in [-0.15, -0.1) is 0 Å². The summed E-state index contributed by atoms with van der Waals surface area (Å²) in [4.78, 5) is 18.4. The van der Waals surface area contributed by atoms with Crippen LogP contribution in [-0.2, 0) is 4.79 Å². The number of hydrogen-bond acceptors (Lipinski definition) is 3. The zero-order valence-corrected chi connectivity index (χ0v) is 10.9. The molecule has 1 amide bonds. The number of amides is 1. The van der Waals surface area contributed by atoms with Crippen LogP contribution in [0.15, 0.2) is 43.0 Å². The third kappa shape index (κ3) is 2.16. The van der Waals surface area contributed by atoms with E-state index in [2.05, 4.69) is 11.1 Å². The van der Waals surface area contributed by atoms with Crippen molar-refractivity contribution >= 4 is 11.6 Å². The summed E-state index contributed by atoms with van der Waals surface area (Å²) in [6.07, 6.45) is 6.99. The van der Waals surface area contributed by atoms with Gasteiger partial charge in [-0.1, -0.05) is 0 Å². The molecule has 20 heavy (non-hydrogen) atoms. The number of imidazole rings is 1. The van der Waals surface area contributed by atoms with Crippen molar-refractivity contribution < 1.29 is 4.79 Å². The molecule has 0 radical (unpaired) electrons. The molecular weight excluding hydrogens is 252 g/mol.